The molecule has 1 heterocycles. The van der Waals surface area contributed by atoms with E-state index in [9.17, 15) is 0 Å². The average molecular weight is 238 g/mol. The van der Waals surface area contributed by atoms with E-state index in [1.54, 1.807) is 0 Å². The largest absolute Gasteiger partial charge is 0.319 e. The van der Waals surface area contributed by atoms with Gasteiger partial charge in [-0.3, -0.25) is 4.90 Å². The highest BCUT2D eigenvalue weighted by molar-refractivity contribution is 4.86. The van der Waals surface area contributed by atoms with Crippen LogP contribution in [0.5, 0.6) is 0 Å². The average Bonchev–Trinajstić information content (AvgIpc) is 2.81. The summed E-state index contributed by atoms with van der Waals surface area (Å²) < 4.78 is 0. The monoisotopic (exact) mass is 238 g/mol. The van der Waals surface area contributed by atoms with Crippen molar-refractivity contribution in [3.05, 3.63) is 0 Å². The molecule has 2 fully saturated rings. The zero-order valence-electron chi connectivity index (χ0n) is 11.8. The third-order valence-electron chi connectivity index (χ3n) is 4.89. The number of nitrogens with zero attached hydrogens (tertiary/aromatic N) is 1. The molecule has 17 heavy (non-hydrogen) atoms. The molecule has 2 heteroatoms. The van der Waals surface area contributed by atoms with Crippen LogP contribution in [0.3, 0.4) is 0 Å². The molecule has 0 bridgehead atoms. The van der Waals surface area contributed by atoms with E-state index in [0.29, 0.717) is 0 Å². The molecule has 1 aliphatic carbocycles. The first-order chi connectivity index (χ1) is 8.35. The standard InChI is InChI=1S/C15H30N2/c1-3-15(14-7-5-4-6-8-14)17-10-9-13(12-17)11-16-2/h13-16H,3-12H2,1-2H3. The van der Waals surface area contributed by atoms with Crippen LogP contribution in [0.15, 0.2) is 0 Å². The minimum Gasteiger partial charge on any atom is -0.319 e. The molecule has 0 aromatic carbocycles. The second-order valence-corrected chi connectivity index (χ2v) is 6.08. The molecule has 2 unspecified atom stereocenters. The van der Waals surface area contributed by atoms with Crippen molar-refractivity contribution in [3.63, 3.8) is 0 Å². The van der Waals surface area contributed by atoms with Crippen molar-refractivity contribution in [2.75, 3.05) is 26.7 Å². The maximum atomic E-state index is 3.34. The van der Waals surface area contributed by atoms with Gasteiger partial charge in [0.05, 0.1) is 0 Å². The Labute approximate surface area is 107 Å². The predicted octanol–water partition coefficient (Wildman–Crippen LogP) is 2.89. The summed E-state index contributed by atoms with van der Waals surface area (Å²) in [6.07, 6.45) is 10.2. The lowest BCUT2D eigenvalue weighted by molar-refractivity contribution is 0.134. The van der Waals surface area contributed by atoms with Crippen LogP contribution in [0.4, 0.5) is 0 Å². The van der Waals surface area contributed by atoms with Crippen LogP contribution in [0.1, 0.15) is 51.9 Å². The van der Waals surface area contributed by atoms with Crippen LogP contribution < -0.4 is 5.32 Å². The highest BCUT2D eigenvalue weighted by Gasteiger charge is 2.32. The smallest absolute Gasteiger partial charge is 0.0121 e. The molecule has 1 N–H and O–H groups in total. The minimum absolute atomic E-state index is 0.886. The summed E-state index contributed by atoms with van der Waals surface area (Å²) in [7, 11) is 2.08. The number of rotatable bonds is 5. The van der Waals surface area contributed by atoms with Crippen LogP contribution in [-0.2, 0) is 0 Å². The Balaban J connectivity index is 1.85. The second-order valence-electron chi connectivity index (χ2n) is 6.08. The first-order valence-electron chi connectivity index (χ1n) is 7.73. The Morgan fingerprint density at radius 3 is 2.59 bits per heavy atom. The number of nitrogens with one attached hydrogen (secondary N) is 1. The molecule has 0 radical (unpaired) electrons. The molecule has 2 atom stereocenters. The van der Waals surface area contributed by atoms with E-state index in [2.05, 4.69) is 24.2 Å². The van der Waals surface area contributed by atoms with Crippen molar-refractivity contribution < 1.29 is 0 Å². The summed E-state index contributed by atoms with van der Waals surface area (Å²) in [5.74, 6) is 1.90. The van der Waals surface area contributed by atoms with Gasteiger partial charge in [0.2, 0.25) is 0 Å². The molecule has 100 valence electrons. The van der Waals surface area contributed by atoms with Crippen molar-refractivity contribution in [1.82, 2.24) is 10.2 Å². The third-order valence-corrected chi connectivity index (χ3v) is 4.89. The van der Waals surface area contributed by atoms with Crippen LogP contribution in [0.25, 0.3) is 0 Å². The number of likely N-dealkylation sites (tertiary alicyclic amines) is 1. The van der Waals surface area contributed by atoms with Crippen molar-refractivity contribution in [3.8, 4) is 0 Å². The highest BCUT2D eigenvalue weighted by Crippen LogP contribution is 2.32. The summed E-state index contributed by atoms with van der Waals surface area (Å²) in [5, 5.41) is 3.34. The maximum Gasteiger partial charge on any atom is 0.0121 e. The Morgan fingerprint density at radius 1 is 1.18 bits per heavy atom. The van der Waals surface area contributed by atoms with Gasteiger partial charge in [-0.1, -0.05) is 26.2 Å². The van der Waals surface area contributed by atoms with E-state index in [1.165, 1.54) is 64.6 Å². The summed E-state index contributed by atoms with van der Waals surface area (Å²) in [6.45, 7) is 6.29. The SMILES string of the molecule is CCC(C1CCCCC1)N1CCC(CNC)C1. The summed E-state index contributed by atoms with van der Waals surface area (Å²) in [6, 6.07) is 0.886. The van der Waals surface area contributed by atoms with E-state index in [1.807, 2.05) is 0 Å². The molecule has 2 nitrogen and oxygen atoms in total. The fraction of sp³-hybridized carbons (Fsp3) is 1.00. The summed E-state index contributed by atoms with van der Waals surface area (Å²) >= 11 is 0. The second kappa shape index (κ2) is 6.75. The Hall–Kier alpha value is -0.0800. The molecular formula is C15H30N2. The van der Waals surface area contributed by atoms with Crippen LogP contribution in [0.2, 0.25) is 0 Å². The Kier molecular flexibility index (Phi) is 5.30. The first-order valence-corrected chi connectivity index (χ1v) is 7.73. The van der Waals surface area contributed by atoms with Gasteiger partial charge in [0.15, 0.2) is 0 Å². The molecule has 0 spiro atoms. The van der Waals surface area contributed by atoms with Gasteiger partial charge in [-0.25, -0.2) is 0 Å². The summed E-state index contributed by atoms with van der Waals surface area (Å²) in [5.41, 5.74) is 0. The van der Waals surface area contributed by atoms with Crippen LogP contribution >= 0.6 is 0 Å². The quantitative estimate of drug-likeness (QED) is 0.792. The Morgan fingerprint density at radius 2 is 1.94 bits per heavy atom. The van der Waals surface area contributed by atoms with Crippen molar-refractivity contribution in [2.45, 2.75) is 57.9 Å². The predicted molar refractivity (Wildman–Crippen MR) is 74.3 cm³/mol. The van der Waals surface area contributed by atoms with Gasteiger partial charge in [-0.2, -0.15) is 0 Å². The van der Waals surface area contributed by atoms with Gasteiger partial charge >= 0.3 is 0 Å². The van der Waals surface area contributed by atoms with Gasteiger partial charge < -0.3 is 5.32 Å². The lowest BCUT2D eigenvalue weighted by Gasteiger charge is -2.36. The topological polar surface area (TPSA) is 15.3 Å². The normalized spacial score (nSPS) is 29.6. The van der Waals surface area contributed by atoms with Gasteiger partial charge in [0, 0.05) is 12.6 Å². The molecule has 1 saturated carbocycles. The van der Waals surface area contributed by atoms with E-state index in [4.69, 9.17) is 0 Å². The summed E-state index contributed by atoms with van der Waals surface area (Å²) in [4.78, 5) is 2.80. The van der Waals surface area contributed by atoms with Gasteiger partial charge in [0.1, 0.15) is 0 Å². The highest BCUT2D eigenvalue weighted by atomic mass is 15.2. The van der Waals surface area contributed by atoms with Crippen molar-refractivity contribution >= 4 is 0 Å². The first kappa shape index (κ1) is 13.4. The van der Waals surface area contributed by atoms with E-state index in [-0.39, 0.29) is 0 Å². The molecular weight excluding hydrogens is 208 g/mol. The van der Waals surface area contributed by atoms with Crippen molar-refractivity contribution in [1.29, 1.82) is 0 Å². The van der Waals surface area contributed by atoms with Crippen LogP contribution in [0, 0.1) is 11.8 Å². The van der Waals surface area contributed by atoms with Gasteiger partial charge in [-0.05, 0) is 57.7 Å². The third kappa shape index (κ3) is 3.45. The van der Waals surface area contributed by atoms with Gasteiger partial charge in [-0.15, -0.1) is 0 Å². The fourth-order valence-corrected chi connectivity index (χ4v) is 4.03. The lowest BCUT2D eigenvalue weighted by atomic mass is 9.82. The molecule has 0 aromatic heterocycles. The zero-order chi connectivity index (χ0) is 12.1. The number of hydrogen-bond acceptors (Lipinski definition) is 2. The molecule has 1 aliphatic heterocycles. The maximum absolute atomic E-state index is 3.34. The van der Waals surface area contributed by atoms with Crippen molar-refractivity contribution in [2.24, 2.45) is 11.8 Å². The molecule has 2 rings (SSSR count). The van der Waals surface area contributed by atoms with Gasteiger partial charge in [0.25, 0.3) is 0 Å². The van der Waals surface area contributed by atoms with E-state index < -0.39 is 0 Å². The number of hydrogen-bond donors (Lipinski definition) is 1. The van der Waals surface area contributed by atoms with E-state index in [0.717, 1.165) is 17.9 Å². The van der Waals surface area contributed by atoms with Crippen LogP contribution in [-0.4, -0.2) is 37.6 Å². The molecule has 2 aliphatic rings. The van der Waals surface area contributed by atoms with E-state index >= 15 is 0 Å². The fourth-order valence-electron chi connectivity index (χ4n) is 4.03. The molecule has 1 saturated heterocycles. The lowest BCUT2D eigenvalue weighted by Crippen LogP contribution is -2.40. The zero-order valence-corrected chi connectivity index (χ0v) is 11.8. The minimum atomic E-state index is 0.886. The Bertz CT molecular complexity index is 211. The molecule has 0 amide bonds. The molecule has 0 aromatic rings.